The second-order valence-electron chi connectivity index (χ2n) is 6.98. The molecular weight excluding hydrogens is 433 g/mol. The number of ether oxygens (including phenoxy) is 3. The number of nitrogens with zero attached hydrogens (tertiary/aromatic N) is 2. The molecule has 1 heterocycles. The van der Waals surface area contributed by atoms with Gasteiger partial charge in [-0.3, -0.25) is 9.59 Å². The number of hydrogen-bond acceptors (Lipinski definition) is 7. The Balaban J connectivity index is 1.54. The fraction of sp³-hybridized carbons (Fsp3) is 0.217. The van der Waals surface area contributed by atoms with Crippen molar-refractivity contribution in [3.05, 3.63) is 65.6 Å². The second-order valence-corrected chi connectivity index (χ2v) is 6.98. The molecule has 172 valence electrons. The van der Waals surface area contributed by atoms with Crippen LogP contribution >= 0.6 is 0 Å². The van der Waals surface area contributed by atoms with Gasteiger partial charge in [-0.15, -0.1) is 0 Å². The molecule has 2 aromatic carbocycles. The number of benzene rings is 2. The Bertz CT molecular complexity index is 1170. The van der Waals surface area contributed by atoms with Crippen molar-refractivity contribution in [3.63, 3.8) is 0 Å². The summed E-state index contributed by atoms with van der Waals surface area (Å²) in [6, 6.07) is 11.8. The normalized spacial score (nSPS) is 10.4. The molecule has 0 atom stereocenters. The van der Waals surface area contributed by atoms with E-state index in [4.69, 9.17) is 14.2 Å². The van der Waals surface area contributed by atoms with Crippen LogP contribution in [0.25, 0.3) is 5.69 Å². The van der Waals surface area contributed by atoms with Crippen LogP contribution < -0.4 is 14.8 Å². The van der Waals surface area contributed by atoms with E-state index < -0.39 is 30.9 Å². The Morgan fingerprint density at radius 3 is 2.42 bits per heavy atom. The average Bonchev–Trinajstić information content (AvgIpc) is 3.16. The van der Waals surface area contributed by atoms with Crippen LogP contribution in [0.15, 0.2) is 48.5 Å². The summed E-state index contributed by atoms with van der Waals surface area (Å²) in [4.78, 5) is 35.7. The van der Waals surface area contributed by atoms with Gasteiger partial charge >= 0.3 is 5.97 Å². The summed E-state index contributed by atoms with van der Waals surface area (Å²) >= 11 is 0. The molecule has 0 bridgehead atoms. The van der Waals surface area contributed by atoms with Crippen LogP contribution in [0.4, 0.5) is 10.2 Å². The van der Waals surface area contributed by atoms with Gasteiger partial charge in [0.2, 0.25) is 0 Å². The first kappa shape index (κ1) is 23.5. The lowest BCUT2D eigenvalue weighted by molar-refractivity contribution is -0.149. The fourth-order valence-electron chi connectivity index (χ4n) is 2.88. The quantitative estimate of drug-likeness (QED) is 0.390. The van der Waals surface area contributed by atoms with E-state index in [0.29, 0.717) is 22.8 Å². The molecule has 10 heteroatoms. The number of ketones is 1. The highest BCUT2D eigenvalue weighted by Crippen LogP contribution is 2.28. The van der Waals surface area contributed by atoms with Crippen LogP contribution in [-0.4, -0.2) is 47.8 Å². The zero-order valence-corrected chi connectivity index (χ0v) is 18.3. The maximum Gasteiger partial charge on any atom is 0.344 e. The summed E-state index contributed by atoms with van der Waals surface area (Å²) in [6.07, 6.45) is 0. The summed E-state index contributed by atoms with van der Waals surface area (Å²) in [5.41, 5.74) is 1.62. The van der Waals surface area contributed by atoms with E-state index in [1.165, 1.54) is 55.1 Å². The number of carbonyl (C=O) groups is 3. The van der Waals surface area contributed by atoms with E-state index in [0.717, 1.165) is 0 Å². The first-order valence-electron chi connectivity index (χ1n) is 9.86. The number of nitrogens with one attached hydrogen (secondary N) is 1. The number of aryl methyl sites for hydroxylation is 1. The van der Waals surface area contributed by atoms with Crippen LogP contribution in [0.3, 0.4) is 0 Å². The number of methoxy groups -OCH3 is 1. The third-order valence-corrected chi connectivity index (χ3v) is 4.45. The average molecular weight is 455 g/mol. The van der Waals surface area contributed by atoms with Crippen LogP contribution in [-0.2, 0) is 14.3 Å². The predicted molar refractivity (Wildman–Crippen MR) is 116 cm³/mol. The van der Waals surface area contributed by atoms with Gasteiger partial charge in [0.25, 0.3) is 5.91 Å². The van der Waals surface area contributed by atoms with E-state index in [2.05, 4.69) is 10.4 Å². The smallest absolute Gasteiger partial charge is 0.344 e. The molecule has 0 aliphatic heterocycles. The Hall–Kier alpha value is -4.21. The number of Topliss-reactive ketones (excluding diaryl/α,β-unsaturated/α-hetero) is 1. The summed E-state index contributed by atoms with van der Waals surface area (Å²) in [5, 5.41) is 6.88. The number of amides is 1. The molecule has 3 rings (SSSR count). The lowest BCUT2D eigenvalue weighted by Gasteiger charge is -2.12. The summed E-state index contributed by atoms with van der Waals surface area (Å²) in [5.74, 6) is -1.01. The largest absolute Gasteiger partial charge is 0.493 e. The maximum atomic E-state index is 13.2. The maximum absolute atomic E-state index is 13.2. The first-order chi connectivity index (χ1) is 15.8. The number of anilines is 1. The van der Waals surface area contributed by atoms with Gasteiger partial charge in [0.05, 0.1) is 18.5 Å². The van der Waals surface area contributed by atoms with E-state index >= 15 is 0 Å². The molecule has 1 aromatic heterocycles. The number of hydrogen-bond donors (Lipinski definition) is 1. The van der Waals surface area contributed by atoms with Gasteiger partial charge < -0.3 is 19.5 Å². The number of esters is 1. The van der Waals surface area contributed by atoms with Crippen LogP contribution in [0.5, 0.6) is 11.5 Å². The van der Waals surface area contributed by atoms with Crippen LogP contribution in [0.2, 0.25) is 0 Å². The minimum atomic E-state index is -0.772. The summed E-state index contributed by atoms with van der Waals surface area (Å²) in [7, 11) is 1.41. The molecule has 0 spiro atoms. The first-order valence-corrected chi connectivity index (χ1v) is 9.86. The van der Waals surface area contributed by atoms with E-state index in [1.807, 2.05) is 0 Å². The van der Waals surface area contributed by atoms with Gasteiger partial charge in [-0.05, 0) is 56.3 Å². The summed E-state index contributed by atoms with van der Waals surface area (Å²) in [6.45, 7) is 2.15. The number of aromatic nitrogens is 2. The Kier molecular flexibility index (Phi) is 7.39. The minimum Gasteiger partial charge on any atom is -0.493 e. The topological polar surface area (TPSA) is 109 Å². The van der Waals surface area contributed by atoms with Crippen molar-refractivity contribution in [1.82, 2.24) is 9.78 Å². The predicted octanol–water partition coefficient (Wildman–Crippen LogP) is 3.09. The molecule has 0 aliphatic rings. The van der Waals surface area contributed by atoms with Gasteiger partial charge in [-0.25, -0.2) is 13.9 Å². The minimum absolute atomic E-state index is 0.138. The van der Waals surface area contributed by atoms with Gasteiger partial charge in [-0.2, -0.15) is 5.10 Å². The molecule has 0 fully saturated rings. The Labute approximate surface area is 189 Å². The van der Waals surface area contributed by atoms with Crippen molar-refractivity contribution in [2.45, 2.75) is 13.8 Å². The van der Waals surface area contributed by atoms with Crippen molar-refractivity contribution in [2.75, 3.05) is 25.6 Å². The second kappa shape index (κ2) is 10.4. The van der Waals surface area contributed by atoms with Crippen LogP contribution in [0, 0.1) is 12.7 Å². The highest BCUT2D eigenvalue weighted by molar-refractivity contribution is 5.94. The van der Waals surface area contributed by atoms with Crippen molar-refractivity contribution in [1.29, 1.82) is 0 Å². The zero-order chi connectivity index (χ0) is 24.0. The van der Waals surface area contributed by atoms with Gasteiger partial charge in [0.1, 0.15) is 11.6 Å². The lowest BCUT2D eigenvalue weighted by Crippen LogP contribution is -2.24. The molecule has 33 heavy (non-hydrogen) atoms. The highest BCUT2D eigenvalue weighted by Gasteiger charge is 2.15. The molecule has 1 amide bonds. The van der Waals surface area contributed by atoms with Gasteiger partial charge in [-0.1, -0.05) is 0 Å². The SMILES string of the molecule is COc1cc(C(C)=O)ccc1OCC(=O)OCC(=O)Nc1cc(C)nn1-c1ccc(F)cc1. The molecule has 0 aliphatic carbocycles. The zero-order valence-electron chi connectivity index (χ0n) is 18.3. The van der Waals surface area contributed by atoms with E-state index in [9.17, 15) is 18.8 Å². The molecule has 0 saturated carbocycles. The van der Waals surface area contributed by atoms with E-state index in [-0.39, 0.29) is 17.3 Å². The molecule has 0 saturated heterocycles. The Morgan fingerprint density at radius 2 is 1.76 bits per heavy atom. The molecule has 9 nitrogen and oxygen atoms in total. The highest BCUT2D eigenvalue weighted by atomic mass is 19.1. The van der Waals surface area contributed by atoms with Gasteiger partial charge in [0, 0.05) is 11.6 Å². The number of carbonyl (C=O) groups excluding carboxylic acids is 3. The standard InChI is InChI=1S/C23H22FN3O6/c1-14-10-21(27(26-14)18-7-5-17(24)6-8-18)25-22(29)12-33-23(30)13-32-19-9-4-16(15(2)28)11-20(19)31-3/h4-11H,12-13H2,1-3H3,(H,25,29). The Morgan fingerprint density at radius 1 is 1.03 bits per heavy atom. The lowest BCUT2D eigenvalue weighted by atomic mass is 10.1. The van der Waals surface area contributed by atoms with E-state index in [1.54, 1.807) is 19.1 Å². The molecule has 3 aromatic rings. The van der Waals surface area contributed by atoms with Crippen molar-refractivity contribution < 1.29 is 33.0 Å². The third-order valence-electron chi connectivity index (χ3n) is 4.45. The molecule has 0 unspecified atom stereocenters. The monoisotopic (exact) mass is 455 g/mol. The molecule has 0 radical (unpaired) electrons. The van der Waals surface area contributed by atoms with Crippen molar-refractivity contribution >= 4 is 23.5 Å². The van der Waals surface area contributed by atoms with Gasteiger partial charge in [0.15, 0.2) is 30.5 Å². The van der Waals surface area contributed by atoms with Crippen molar-refractivity contribution in [3.8, 4) is 17.2 Å². The fourth-order valence-corrected chi connectivity index (χ4v) is 2.88. The molecule has 1 N–H and O–H groups in total. The number of rotatable bonds is 9. The molecular formula is C23H22FN3O6. The number of halogens is 1. The summed E-state index contributed by atoms with van der Waals surface area (Å²) < 4.78 is 30.1. The van der Waals surface area contributed by atoms with Crippen LogP contribution in [0.1, 0.15) is 23.0 Å². The third kappa shape index (κ3) is 6.16. The van der Waals surface area contributed by atoms with Crippen molar-refractivity contribution in [2.24, 2.45) is 0 Å².